The first kappa shape index (κ1) is 12.1. The lowest BCUT2D eigenvalue weighted by Crippen LogP contribution is -2.11. The van der Waals surface area contributed by atoms with Crippen molar-refractivity contribution in [2.24, 2.45) is 0 Å². The van der Waals surface area contributed by atoms with E-state index < -0.39 is 5.97 Å². The molecule has 92 valence electrons. The summed E-state index contributed by atoms with van der Waals surface area (Å²) < 4.78 is 0. The Labute approximate surface area is 106 Å². The molecule has 7 nitrogen and oxygen atoms in total. The molecule has 0 aromatic carbocycles. The zero-order valence-corrected chi connectivity index (χ0v) is 9.85. The van der Waals surface area contributed by atoms with Gasteiger partial charge < -0.3 is 5.11 Å². The van der Waals surface area contributed by atoms with Gasteiger partial charge in [-0.3, -0.25) is 19.9 Å². The molecule has 2 heterocycles. The number of nitrogens with zero attached hydrogens (tertiary/aromatic N) is 3. The number of carbonyl (C=O) groups excluding carboxylic acids is 1. The lowest BCUT2D eigenvalue weighted by molar-refractivity contribution is -0.136. The maximum absolute atomic E-state index is 11.7. The van der Waals surface area contributed by atoms with E-state index in [0.717, 1.165) is 11.3 Å². The van der Waals surface area contributed by atoms with Gasteiger partial charge in [-0.05, 0) is 12.1 Å². The molecule has 8 heteroatoms. The second kappa shape index (κ2) is 5.32. The molecule has 2 N–H and O–H groups in total. The van der Waals surface area contributed by atoms with Crippen molar-refractivity contribution in [2.45, 2.75) is 6.42 Å². The average Bonchev–Trinajstić information content (AvgIpc) is 2.76. The molecule has 2 aromatic rings. The van der Waals surface area contributed by atoms with Gasteiger partial charge in [0, 0.05) is 18.0 Å². The molecule has 0 radical (unpaired) electrons. The van der Waals surface area contributed by atoms with Crippen LogP contribution in [0.25, 0.3) is 0 Å². The van der Waals surface area contributed by atoms with Crippen molar-refractivity contribution in [2.75, 3.05) is 5.32 Å². The van der Waals surface area contributed by atoms with E-state index in [1.165, 1.54) is 12.4 Å². The van der Waals surface area contributed by atoms with Gasteiger partial charge in [0.05, 0.1) is 6.42 Å². The van der Waals surface area contributed by atoms with Crippen molar-refractivity contribution >= 4 is 28.3 Å². The summed E-state index contributed by atoms with van der Waals surface area (Å²) in [7, 11) is 0. The van der Waals surface area contributed by atoms with Gasteiger partial charge >= 0.3 is 5.97 Å². The molecule has 0 unspecified atom stereocenters. The number of pyridine rings is 1. The Hall–Kier alpha value is -2.35. The largest absolute Gasteiger partial charge is 0.481 e. The minimum absolute atomic E-state index is 0.206. The molecule has 1 amide bonds. The number of carboxylic acids is 1. The average molecular weight is 264 g/mol. The maximum Gasteiger partial charge on any atom is 0.310 e. The van der Waals surface area contributed by atoms with Crippen LogP contribution in [0.5, 0.6) is 0 Å². The molecule has 0 aliphatic carbocycles. The summed E-state index contributed by atoms with van der Waals surface area (Å²) in [5.74, 6) is -1.33. The van der Waals surface area contributed by atoms with Gasteiger partial charge in [0.15, 0.2) is 0 Å². The third-order valence-electron chi connectivity index (χ3n) is 1.93. The highest BCUT2D eigenvalue weighted by Gasteiger charge is 2.11. The Morgan fingerprint density at radius 1 is 1.28 bits per heavy atom. The Bertz CT molecular complexity index is 570. The Morgan fingerprint density at radius 3 is 2.67 bits per heavy atom. The van der Waals surface area contributed by atoms with Crippen LogP contribution in [-0.2, 0) is 11.2 Å². The lowest BCUT2D eigenvalue weighted by atomic mass is 10.2. The summed E-state index contributed by atoms with van der Waals surface area (Å²) in [5.41, 5.74) is 0.444. The molecule has 2 aromatic heterocycles. The Kier molecular flexibility index (Phi) is 3.58. The van der Waals surface area contributed by atoms with Gasteiger partial charge in [0.2, 0.25) is 5.13 Å². The summed E-state index contributed by atoms with van der Waals surface area (Å²) in [6, 6.07) is 3.13. The molecule has 0 aliphatic heterocycles. The number of hydrogen-bond donors (Lipinski definition) is 2. The SMILES string of the molecule is O=C(O)Cc1nnc(NC(=O)c2ccncc2)s1. The van der Waals surface area contributed by atoms with Crippen LogP contribution >= 0.6 is 11.3 Å². The minimum atomic E-state index is -0.988. The van der Waals surface area contributed by atoms with Crippen LogP contribution in [0.3, 0.4) is 0 Å². The monoisotopic (exact) mass is 264 g/mol. The molecule has 0 bridgehead atoms. The molecular weight excluding hydrogens is 256 g/mol. The predicted molar refractivity (Wildman–Crippen MR) is 63.4 cm³/mol. The number of carboxylic acid groups (broad SMARTS) is 1. The number of hydrogen-bond acceptors (Lipinski definition) is 6. The smallest absolute Gasteiger partial charge is 0.310 e. The molecular formula is C10H8N4O3S. The zero-order chi connectivity index (χ0) is 13.0. The van der Waals surface area contributed by atoms with Gasteiger partial charge in [-0.15, -0.1) is 10.2 Å². The highest BCUT2D eigenvalue weighted by atomic mass is 32.1. The standard InChI is InChI=1S/C10H8N4O3S/c15-8(16)5-7-13-14-10(18-7)12-9(17)6-1-3-11-4-2-6/h1-4H,5H2,(H,15,16)(H,12,14,17). The summed E-state index contributed by atoms with van der Waals surface area (Å²) in [4.78, 5) is 26.0. The van der Waals surface area contributed by atoms with E-state index in [2.05, 4.69) is 20.5 Å². The van der Waals surface area contributed by atoms with Gasteiger partial charge in [-0.25, -0.2) is 0 Å². The van der Waals surface area contributed by atoms with Crippen LogP contribution < -0.4 is 5.32 Å². The summed E-state index contributed by atoms with van der Waals surface area (Å²) in [6.45, 7) is 0. The third kappa shape index (κ3) is 3.08. The van der Waals surface area contributed by atoms with Gasteiger partial charge in [0.25, 0.3) is 5.91 Å². The number of nitrogens with one attached hydrogen (secondary N) is 1. The van der Waals surface area contributed by atoms with Crippen molar-refractivity contribution in [3.63, 3.8) is 0 Å². The fourth-order valence-electron chi connectivity index (χ4n) is 1.18. The van der Waals surface area contributed by atoms with E-state index in [4.69, 9.17) is 5.11 Å². The minimum Gasteiger partial charge on any atom is -0.481 e. The van der Waals surface area contributed by atoms with E-state index in [-0.39, 0.29) is 17.5 Å². The number of aromatic nitrogens is 3. The first-order valence-corrected chi connectivity index (χ1v) is 5.72. The van der Waals surface area contributed by atoms with Crippen LogP contribution in [0.1, 0.15) is 15.4 Å². The van der Waals surface area contributed by atoms with E-state index in [0.29, 0.717) is 10.6 Å². The van der Waals surface area contributed by atoms with Crippen LogP contribution in [0.2, 0.25) is 0 Å². The molecule has 0 saturated heterocycles. The van der Waals surface area contributed by atoms with Gasteiger partial charge in [-0.1, -0.05) is 11.3 Å². The van der Waals surface area contributed by atoms with Crippen molar-refractivity contribution in [1.82, 2.24) is 15.2 Å². The first-order valence-electron chi connectivity index (χ1n) is 4.90. The zero-order valence-electron chi connectivity index (χ0n) is 9.03. The highest BCUT2D eigenvalue weighted by molar-refractivity contribution is 7.15. The molecule has 0 atom stereocenters. The summed E-state index contributed by atoms with van der Waals surface area (Å²) in [6.07, 6.45) is 2.80. The normalized spacial score (nSPS) is 10.0. The molecule has 18 heavy (non-hydrogen) atoms. The van der Waals surface area contributed by atoms with Crippen molar-refractivity contribution < 1.29 is 14.7 Å². The number of aliphatic carboxylic acids is 1. The number of carbonyl (C=O) groups is 2. The van der Waals surface area contributed by atoms with E-state index in [9.17, 15) is 9.59 Å². The molecule has 0 spiro atoms. The van der Waals surface area contributed by atoms with Crippen molar-refractivity contribution in [3.8, 4) is 0 Å². The lowest BCUT2D eigenvalue weighted by Gasteiger charge is -1.99. The second-order valence-electron chi connectivity index (χ2n) is 3.26. The first-order chi connectivity index (χ1) is 8.65. The van der Waals surface area contributed by atoms with Gasteiger partial charge in [-0.2, -0.15) is 0 Å². The predicted octanol–water partition coefficient (Wildman–Crippen LogP) is 0.812. The van der Waals surface area contributed by atoms with E-state index >= 15 is 0 Å². The summed E-state index contributed by atoms with van der Waals surface area (Å²) in [5, 5.41) is 19.1. The third-order valence-corrected chi connectivity index (χ3v) is 2.77. The van der Waals surface area contributed by atoms with Crippen LogP contribution in [-0.4, -0.2) is 32.2 Å². The Balaban J connectivity index is 2.04. The quantitative estimate of drug-likeness (QED) is 0.846. The van der Waals surface area contributed by atoms with Crippen LogP contribution in [0, 0.1) is 0 Å². The topological polar surface area (TPSA) is 105 Å². The molecule has 0 fully saturated rings. The molecule has 0 aliphatic rings. The Morgan fingerprint density at radius 2 is 2.00 bits per heavy atom. The van der Waals surface area contributed by atoms with Crippen molar-refractivity contribution in [1.29, 1.82) is 0 Å². The number of anilines is 1. The maximum atomic E-state index is 11.7. The van der Waals surface area contributed by atoms with Crippen LogP contribution in [0.15, 0.2) is 24.5 Å². The van der Waals surface area contributed by atoms with Crippen LogP contribution in [0.4, 0.5) is 5.13 Å². The van der Waals surface area contributed by atoms with E-state index in [1.54, 1.807) is 12.1 Å². The van der Waals surface area contributed by atoms with Gasteiger partial charge in [0.1, 0.15) is 5.01 Å². The number of rotatable bonds is 4. The second-order valence-corrected chi connectivity index (χ2v) is 4.32. The fraction of sp³-hybridized carbons (Fsp3) is 0.100. The highest BCUT2D eigenvalue weighted by Crippen LogP contribution is 2.16. The summed E-state index contributed by atoms with van der Waals surface area (Å²) >= 11 is 1.03. The van der Waals surface area contributed by atoms with E-state index in [1.807, 2.05) is 0 Å². The number of amides is 1. The van der Waals surface area contributed by atoms with Crippen molar-refractivity contribution in [3.05, 3.63) is 35.1 Å². The molecule has 0 saturated carbocycles. The fourth-order valence-corrected chi connectivity index (χ4v) is 1.90. The molecule has 2 rings (SSSR count).